The van der Waals surface area contributed by atoms with Crippen LogP contribution in [0.1, 0.15) is 140 Å². The van der Waals surface area contributed by atoms with Gasteiger partial charge in [0.1, 0.15) is 5.56 Å². The summed E-state index contributed by atoms with van der Waals surface area (Å²) in [6.45, 7) is 6.85. The van der Waals surface area contributed by atoms with Crippen LogP contribution in [-0.4, -0.2) is 49.6 Å². The summed E-state index contributed by atoms with van der Waals surface area (Å²) in [5, 5.41) is 3.29. The molecular weight excluding hydrogens is 559 g/mol. The van der Waals surface area contributed by atoms with Crippen LogP contribution < -0.4 is 14.8 Å². The van der Waals surface area contributed by atoms with E-state index in [0.717, 1.165) is 45.2 Å². The van der Waals surface area contributed by atoms with Crippen molar-refractivity contribution in [3.63, 3.8) is 0 Å². The van der Waals surface area contributed by atoms with Gasteiger partial charge in [-0.05, 0) is 38.4 Å². The molecule has 2 rings (SSSR count). The highest BCUT2D eigenvalue weighted by atomic mass is 35.5. The third kappa shape index (κ3) is 13.1. The Morgan fingerprint density at radius 1 is 0.854 bits per heavy atom. The first-order valence-corrected chi connectivity index (χ1v) is 17.0. The van der Waals surface area contributed by atoms with E-state index >= 15 is 0 Å². The van der Waals surface area contributed by atoms with Crippen molar-refractivity contribution < 1.29 is 19.1 Å². The molecule has 0 bridgehead atoms. The Hall–Kier alpha value is -1.50. The Kier molecular flexibility index (Phi) is 18.5. The molecule has 8 heteroatoms. The number of methoxy groups -OCH3 is 1. The number of carbonyl (C=O) groups excluding carboxylic acids is 2. The summed E-state index contributed by atoms with van der Waals surface area (Å²) in [6, 6.07) is 1.73. The highest BCUT2D eigenvalue weighted by molar-refractivity contribution is 6.37. The first kappa shape index (κ1) is 35.7. The van der Waals surface area contributed by atoms with E-state index in [1.54, 1.807) is 0 Å². The molecule has 0 aliphatic carbocycles. The lowest BCUT2D eigenvalue weighted by Crippen LogP contribution is -2.40. The quantitative estimate of drug-likeness (QED) is 0.0802. The van der Waals surface area contributed by atoms with E-state index in [1.807, 2.05) is 0 Å². The predicted molar refractivity (Wildman–Crippen MR) is 171 cm³/mol. The highest BCUT2D eigenvalue weighted by Gasteiger charge is 2.28. The standard InChI is InChI=1S/C33H54Cl2N2O4/c1-4-6-7-8-9-10-11-12-13-14-15-16-17-18-19-22-29(38)41-32-28(35)24-27(34)31(40-3)30(32)33(39)36-25-26-21-20-23-37(26)5-2/h24,26H,4-23,25H2,1-3H3,(H,36,39)/t26-/m0/s1. The fourth-order valence-electron chi connectivity index (χ4n) is 5.74. The van der Waals surface area contributed by atoms with Gasteiger partial charge in [-0.3, -0.25) is 14.5 Å². The van der Waals surface area contributed by atoms with Crippen LogP contribution in [0.3, 0.4) is 0 Å². The van der Waals surface area contributed by atoms with Gasteiger partial charge >= 0.3 is 5.97 Å². The van der Waals surface area contributed by atoms with Gasteiger partial charge in [-0.15, -0.1) is 0 Å². The molecule has 234 valence electrons. The van der Waals surface area contributed by atoms with Gasteiger partial charge in [0, 0.05) is 19.0 Å². The lowest BCUT2D eigenvalue weighted by atomic mass is 10.0. The Balaban J connectivity index is 1.72. The number of likely N-dealkylation sites (tertiary alicyclic amines) is 1. The monoisotopic (exact) mass is 612 g/mol. The summed E-state index contributed by atoms with van der Waals surface area (Å²) in [6.07, 6.45) is 21.4. The third-order valence-corrected chi connectivity index (χ3v) is 8.74. The largest absolute Gasteiger partial charge is 0.494 e. The molecule has 0 radical (unpaired) electrons. The van der Waals surface area contributed by atoms with Crippen molar-refractivity contribution in [2.45, 2.75) is 135 Å². The first-order valence-electron chi connectivity index (χ1n) is 16.2. The van der Waals surface area contributed by atoms with Gasteiger partial charge in [0.05, 0.1) is 17.2 Å². The van der Waals surface area contributed by atoms with E-state index in [2.05, 4.69) is 24.1 Å². The Labute approximate surface area is 259 Å². The van der Waals surface area contributed by atoms with Gasteiger partial charge in [0.2, 0.25) is 0 Å². The second kappa shape index (κ2) is 21.2. The number of hydrogen-bond donors (Lipinski definition) is 1. The van der Waals surface area contributed by atoms with Crippen LogP contribution in [0.25, 0.3) is 0 Å². The van der Waals surface area contributed by atoms with E-state index < -0.39 is 11.9 Å². The molecule has 1 aromatic rings. The van der Waals surface area contributed by atoms with Crippen LogP contribution in [0, 0.1) is 0 Å². The minimum absolute atomic E-state index is 0.00939. The van der Waals surface area contributed by atoms with Crippen molar-refractivity contribution in [3.8, 4) is 11.5 Å². The molecule has 1 fully saturated rings. The number of esters is 1. The number of nitrogens with zero attached hydrogens (tertiary/aromatic N) is 1. The van der Waals surface area contributed by atoms with Crippen LogP contribution in [0.5, 0.6) is 11.5 Å². The van der Waals surface area contributed by atoms with Crippen molar-refractivity contribution in [2.24, 2.45) is 0 Å². The molecule has 6 nitrogen and oxygen atoms in total. The number of amides is 1. The van der Waals surface area contributed by atoms with E-state index in [0.29, 0.717) is 6.54 Å². The second-order valence-electron chi connectivity index (χ2n) is 11.4. The van der Waals surface area contributed by atoms with Crippen LogP contribution in [0.2, 0.25) is 10.0 Å². The number of likely N-dealkylation sites (N-methyl/N-ethyl adjacent to an activating group) is 1. The van der Waals surface area contributed by atoms with E-state index in [4.69, 9.17) is 32.7 Å². The van der Waals surface area contributed by atoms with Crippen LogP contribution in [0.4, 0.5) is 0 Å². The summed E-state index contributed by atoms with van der Waals surface area (Å²) in [5.41, 5.74) is 0.0656. The van der Waals surface area contributed by atoms with Crippen molar-refractivity contribution >= 4 is 35.1 Å². The van der Waals surface area contributed by atoms with E-state index in [9.17, 15) is 9.59 Å². The number of carbonyl (C=O) groups is 2. The van der Waals surface area contributed by atoms with Gasteiger partial charge < -0.3 is 14.8 Å². The number of hydrogen-bond acceptors (Lipinski definition) is 5. The van der Waals surface area contributed by atoms with Crippen LogP contribution in [0.15, 0.2) is 6.07 Å². The number of nitrogens with one attached hydrogen (secondary N) is 1. The van der Waals surface area contributed by atoms with Crippen LogP contribution in [-0.2, 0) is 4.79 Å². The number of unbranched alkanes of at least 4 members (excludes halogenated alkanes) is 14. The summed E-state index contributed by atoms with van der Waals surface area (Å²) >= 11 is 12.7. The van der Waals surface area contributed by atoms with Crippen molar-refractivity contribution in [3.05, 3.63) is 21.7 Å². The smallest absolute Gasteiger partial charge is 0.311 e. The number of halogens is 2. The predicted octanol–water partition coefficient (Wildman–Crippen LogP) is 9.38. The molecule has 1 amide bonds. The zero-order chi connectivity index (χ0) is 29.9. The molecule has 1 aliphatic rings. The molecule has 1 atom stereocenters. The first-order chi connectivity index (χ1) is 19.9. The molecule has 1 N–H and O–H groups in total. The SMILES string of the molecule is CCCCCCCCCCCCCCCCCC(=O)Oc1c(Cl)cc(Cl)c(OC)c1C(=O)NC[C@@H]1CCCN1CC. The minimum atomic E-state index is -0.413. The average Bonchev–Trinajstić information content (AvgIpc) is 3.42. The number of ether oxygens (including phenoxy) is 2. The molecule has 0 spiro atoms. The summed E-state index contributed by atoms with van der Waals surface area (Å²) in [7, 11) is 1.43. The van der Waals surface area contributed by atoms with Gasteiger partial charge in [0.25, 0.3) is 5.91 Å². The van der Waals surface area contributed by atoms with Crippen molar-refractivity contribution in [1.29, 1.82) is 0 Å². The molecule has 1 aliphatic heterocycles. The molecule has 0 unspecified atom stereocenters. The van der Waals surface area contributed by atoms with Gasteiger partial charge in [-0.2, -0.15) is 0 Å². The normalized spacial score (nSPS) is 15.3. The molecule has 0 saturated carbocycles. The summed E-state index contributed by atoms with van der Waals surface area (Å²) in [4.78, 5) is 28.3. The fraction of sp³-hybridized carbons (Fsp3) is 0.758. The Bertz CT molecular complexity index is 912. The van der Waals surface area contributed by atoms with Gasteiger partial charge in [-0.25, -0.2) is 0 Å². The zero-order valence-electron chi connectivity index (χ0n) is 25.8. The maximum Gasteiger partial charge on any atom is 0.311 e. The lowest BCUT2D eigenvalue weighted by Gasteiger charge is -2.23. The Morgan fingerprint density at radius 2 is 1.39 bits per heavy atom. The highest BCUT2D eigenvalue weighted by Crippen LogP contribution is 2.41. The lowest BCUT2D eigenvalue weighted by molar-refractivity contribution is -0.134. The maximum absolute atomic E-state index is 13.3. The van der Waals surface area contributed by atoms with Crippen molar-refractivity contribution in [1.82, 2.24) is 10.2 Å². The van der Waals surface area contributed by atoms with E-state index in [1.165, 1.54) is 90.2 Å². The van der Waals surface area contributed by atoms with Gasteiger partial charge in [0.15, 0.2) is 11.5 Å². The zero-order valence-corrected chi connectivity index (χ0v) is 27.4. The molecule has 1 saturated heterocycles. The summed E-state index contributed by atoms with van der Waals surface area (Å²) in [5.74, 6) is -0.658. The molecule has 1 aromatic carbocycles. The molecule has 41 heavy (non-hydrogen) atoms. The maximum atomic E-state index is 13.3. The molecular formula is C33H54Cl2N2O4. The van der Waals surface area contributed by atoms with Crippen LogP contribution >= 0.6 is 23.2 Å². The summed E-state index contributed by atoms with van der Waals surface area (Å²) < 4.78 is 11.1. The molecule has 0 aromatic heterocycles. The number of benzene rings is 1. The van der Waals surface area contributed by atoms with E-state index in [-0.39, 0.29) is 39.6 Å². The third-order valence-electron chi connectivity index (χ3n) is 8.18. The second-order valence-corrected chi connectivity index (χ2v) is 12.2. The topological polar surface area (TPSA) is 67.9 Å². The average molecular weight is 614 g/mol. The Morgan fingerprint density at radius 3 is 1.93 bits per heavy atom. The van der Waals surface area contributed by atoms with Crippen molar-refractivity contribution in [2.75, 3.05) is 26.7 Å². The minimum Gasteiger partial charge on any atom is -0.494 e. The molecule has 1 heterocycles. The fourth-order valence-corrected chi connectivity index (χ4v) is 6.32. The number of rotatable bonds is 22. The van der Waals surface area contributed by atoms with Gasteiger partial charge in [-0.1, -0.05) is 127 Å².